The van der Waals surface area contributed by atoms with Crippen molar-refractivity contribution in [3.63, 3.8) is 0 Å². The molecule has 2 fully saturated rings. The molecule has 0 unspecified atom stereocenters. The van der Waals surface area contributed by atoms with Gasteiger partial charge in [-0.05, 0) is 55.7 Å². The summed E-state index contributed by atoms with van der Waals surface area (Å²) in [5, 5.41) is 1.15. The Balaban J connectivity index is 1.35. The highest BCUT2D eigenvalue weighted by molar-refractivity contribution is 9.10. The zero-order valence-electron chi connectivity index (χ0n) is 17.4. The summed E-state index contributed by atoms with van der Waals surface area (Å²) in [6, 6.07) is 10.8. The largest absolute Gasteiger partial charge is 0.360 e. The van der Waals surface area contributed by atoms with Gasteiger partial charge in [0, 0.05) is 34.7 Å². The number of rotatable bonds is 3. The number of halogens is 2. The molecule has 2 aliphatic rings. The Morgan fingerprint density at radius 3 is 2.44 bits per heavy atom. The highest BCUT2D eigenvalue weighted by Gasteiger charge is 2.45. The lowest BCUT2D eigenvalue weighted by Crippen LogP contribution is -2.58. The van der Waals surface area contributed by atoms with E-state index in [2.05, 4.69) is 20.9 Å². The molecule has 2 atom stereocenters. The van der Waals surface area contributed by atoms with Gasteiger partial charge < -0.3 is 14.8 Å². The maximum Gasteiger partial charge on any atom is 0.295 e. The van der Waals surface area contributed by atoms with E-state index in [1.54, 1.807) is 23.2 Å². The maximum absolute atomic E-state index is 13.2. The summed E-state index contributed by atoms with van der Waals surface area (Å²) in [6.07, 6.45) is 3.20. The fourth-order valence-corrected chi connectivity index (χ4v) is 5.55. The number of aryl methyl sites for hydroxylation is 1. The molecule has 2 amide bonds. The number of aromatic nitrogens is 1. The van der Waals surface area contributed by atoms with Crippen molar-refractivity contribution in [1.29, 1.82) is 0 Å². The number of aromatic amines is 1. The Kier molecular flexibility index (Phi) is 5.34. The molecule has 2 bridgehead atoms. The summed E-state index contributed by atoms with van der Waals surface area (Å²) < 4.78 is 0.839. The second kappa shape index (κ2) is 8.05. The molecular weight excluding hydrogens is 494 g/mol. The van der Waals surface area contributed by atoms with Crippen LogP contribution in [0.3, 0.4) is 0 Å². The number of nitrogens with zero attached hydrogens (tertiary/aromatic N) is 2. The molecule has 0 spiro atoms. The number of H-pyrrole nitrogens is 1. The summed E-state index contributed by atoms with van der Waals surface area (Å²) in [7, 11) is 0. The predicted octanol–water partition coefficient (Wildman–Crippen LogP) is 4.59. The van der Waals surface area contributed by atoms with Gasteiger partial charge in [-0.2, -0.15) is 0 Å². The lowest BCUT2D eigenvalue weighted by atomic mass is 10.1. The smallest absolute Gasteiger partial charge is 0.295 e. The number of carbonyl (C=O) groups excluding carboxylic acids is 3. The third-order valence-electron chi connectivity index (χ3n) is 6.44. The van der Waals surface area contributed by atoms with Crippen LogP contribution in [0.4, 0.5) is 0 Å². The van der Waals surface area contributed by atoms with E-state index < -0.39 is 11.7 Å². The second-order valence-electron chi connectivity index (χ2n) is 8.51. The van der Waals surface area contributed by atoms with Crippen LogP contribution in [0.1, 0.15) is 39.1 Å². The standard InChI is InChI=1S/C24H21BrClN3O3/c1-13-2-6-17(20(26)8-13)23(31)29-15-4-5-16(29)12-28(11-15)24(32)22(30)19-10-27-21-7-3-14(25)9-18(19)21/h2-3,6-10,15-16,27H,4-5,11-12H2,1H3/t15-,16+. The van der Waals surface area contributed by atoms with Crippen LogP contribution in [0, 0.1) is 6.92 Å². The molecular formula is C24H21BrClN3O3. The molecule has 2 saturated heterocycles. The van der Waals surface area contributed by atoms with Gasteiger partial charge in [0.25, 0.3) is 17.6 Å². The highest BCUT2D eigenvalue weighted by Crippen LogP contribution is 2.33. The van der Waals surface area contributed by atoms with Gasteiger partial charge in [-0.3, -0.25) is 14.4 Å². The molecule has 1 aromatic heterocycles. The van der Waals surface area contributed by atoms with Crippen LogP contribution in [-0.2, 0) is 4.79 Å². The summed E-state index contributed by atoms with van der Waals surface area (Å²) >= 11 is 9.75. The van der Waals surface area contributed by atoms with E-state index in [-0.39, 0.29) is 18.0 Å². The molecule has 0 aliphatic carbocycles. The van der Waals surface area contributed by atoms with E-state index >= 15 is 0 Å². The third-order valence-corrected chi connectivity index (χ3v) is 7.25. The number of nitrogens with one attached hydrogen (secondary N) is 1. The van der Waals surface area contributed by atoms with Crippen molar-refractivity contribution in [2.75, 3.05) is 13.1 Å². The first-order valence-corrected chi connectivity index (χ1v) is 11.7. The Morgan fingerprint density at radius 2 is 1.75 bits per heavy atom. The normalized spacial score (nSPS) is 20.1. The second-order valence-corrected chi connectivity index (χ2v) is 9.84. The molecule has 5 rings (SSSR count). The molecule has 3 heterocycles. The fraction of sp³-hybridized carbons (Fsp3) is 0.292. The van der Waals surface area contributed by atoms with Crippen LogP contribution >= 0.6 is 27.5 Å². The van der Waals surface area contributed by atoms with Gasteiger partial charge in [0.2, 0.25) is 0 Å². The first kappa shape index (κ1) is 21.2. The molecule has 3 aromatic rings. The Bertz CT molecular complexity index is 1260. The van der Waals surface area contributed by atoms with E-state index in [4.69, 9.17) is 11.6 Å². The number of amides is 2. The molecule has 1 N–H and O–H groups in total. The van der Waals surface area contributed by atoms with Crippen molar-refractivity contribution in [3.05, 3.63) is 68.8 Å². The number of piperazine rings is 1. The summed E-state index contributed by atoms with van der Waals surface area (Å²) in [5.41, 5.74) is 2.64. The number of benzene rings is 2. The zero-order chi connectivity index (χ0) is 22.6. The fourth-order valence-electron chi connectivity index (χ4n) is 4.87. The molecule has 2 aromatic carbocycles. The van der Waals surface area contributed by atoms with E-state index in [1.165, 1.54) is 0 Å². The Hall–Kier alpha value is -2.64. The van der Waals surface area contributed by atoms with Crippen molar-refractivity contribution in [1.82, 2.24) is 14.8 Å². The first-order chi connectivity index (χ1) is 15.3. The topological polar surface area (TPSA) is 73.5 Å². The Morgan fingerprint density at radius 1 is 1.03 bits per heavy atom. The van der Waals surface area contributed by atoms with Crippen molar-refractivity contribution in [3.8, 4) is 0 Å². The maximum atomic E-state index is 13.2. The van der Waals surface area contributed by atoms with E-state index in [1.807, 2.05) is 36.1 Å². The van der Waals surface area contributed by atoms with Crippen LogP contribution in [-0.4, -0.2) is 57.6 Å². The van der Waals surface area contributed by atoms with Crippen LogP contribution in [0.5, 0.6) is 0 Å². The summed E-state index contributed by atoms with van der Waals surface area (Å²) in [5.74, 6) is -1.17. The van der Waals surface area contributed by atoms with Crippen molar-refractivity contribution in [2.24, 2.45) is 0 Å². The van der Waals surface area contributed by atoms with E-state index in [0.717, 1.165) is 28.4 Å². The molecule has 6 nitrogen and oxygen atoms in total. The van der Waals surface area contributed by atoms with Crippen molar-refractivity contribution in [2.45, 2.75) is 31.8 Å². The van der Waals surface area contributed by atoms with Gasteiger partial charge >= 0.3 is 0 Å². The molecule has 32 heavy (non-hydrogen) atoms. The van der Waals surface area contributed by atoms with Gasteiger partial charge in [0.1, 0.15) is 0 Å². The SMILES string of the molecule is Cc1ccc(C(=O)N2[C@@H]3CC[C@H]2CN(C(=O)C(=O)c2c[nH]c4ccc(Br)cc24)C3)c(Cl)c1. The lowest BCUT2D eigenvalue weighted by Gasteiger charge is -2.41. The number of ketones is 1. The van der Waals surface area contributed by atoms with Crippen LogP contribution in [0.2, 0.25) is 5.02 Å². The van der Waals surface area contributed by atoms with Gasteiger partial charge in [-0.25, -0.2) is 0 Å². The average molecular weight is 515 g/mol. The number of hydrogen-bond acceptors (Lipinski definition) is 3. The van der Waals surface area contributed by atoms with Crippen molar-refractivity contribution >= 4 is 56.0 Å². The summed E-state index contributed by atoms with van der Waals surface area (Å²) in [6.45, 7) is 2.63. The van der Waals surface area contributed by atoms with Gasteiger partial charge in [-0.1, -0.05) is 33.6 Å². The third kappa shape index (κ3) is 3.53. The number of likely N-dealkylation sites (tertiary alicyclic amines) is 1. The van der Waals surface area contributed by atoms with E-state index in [9.17, 15) is 14.4 Å². The monoisotopic (exact) mass is 513 g/mol. The Labute approximate surface area is 198 Å². The molecule has 2 aliphatic heterocycles. The van der Waals surface area contributed by atoms with E-state index in [0.29, 0.717) is 34.6 Å². The van der Waals surface area contributed by atoms with Gasteiger partial charge in [0.15, 0.2) is 0 Å². The minimum Gasteiger partial charge on any atom is -0.360 e. The quantitative estimate of drug-likeness (QED) is 0.410. The zero-order valence-corrected chi connectivity index (χ0v) is 19.7. The predicted molar refractivity (Wildman–Crippen MR) is 126 cm³/mol. The van der Waals surface area contributed by atoms with Crippen molar-refractivity contribution < 1.29 is 14.4 Å². The van der Waals surface area contributed by atoms with Gasteiger partial charge in [0.05, 0.1) is 28.2 Å². The van der Waals surface area contributed by atoms with Gasteiger partial charge in [-0.15, -0.1) is 0 Å². The number of fused-ring (bicyclic) bond motifs is 3. The number of hydrogen-bond donors (Lipinski definition) is 1. The van der Waals surface area contributed by atoms with Crippen LogP contribution in [0.15, 0.2) is 47.1 Å². The van der Waals surface area contributed by atoms with Crippen LogP contribution < -0.4 is 0 Å². The molecule has 164 valence electrons. The minimum atomic E-state index is -0.532. The summed E-state index contributed by atoms with van der Waals surface area (Å²) in [4.78, 5) is 45.9. The molecule has 0 saturated carbocycles. The average Bonchev–Trinajstić information content (AvgIpc) is 3.29. The first-order valence-electron chi connectivity index (χ1n) is 10.5. The lowest BCUT2D eigenvalue weighted by molar-refractivity contribution is -0.129. The van der Waals surface area contributed by atoms with Crippen LogP contribution in [0.25, 0.3) is 10.9 Å². The molecule has 0 radical (unpaired) electrons. The highest BCUT2D eigenvalue weighted by atomic mass is 79.9. The number of carbonyl (C=O) groups is 3. The minimum absolute atomic E-state index is 0.109. The molecule has 8 heteroatoms. The number of Topliss-reactive ketones (excluding diaryl/α,β-unsaturated/α-hetero) is 1.